The summed E-state index contributed by atoms with van der Waals surface area (Å²) in [6, 6.07) is 2.56. The maximum absolute atomic E-state index is 13.1. The summed E-state index contributed by atoms with van der Waals surface area (Å²) in [5.41, 5.74) is 0.617. The van der Waals surface area contributed by atoms with Crippen molar-refractivity contribution in [2.75, 3.05) is 6.61 Å². The molecule has 0 fully saturated rings. The maximum atomic E-state index is 13.1. The molecular formula is C12H14FNO4. The summed E-state index contributed by atoms with van der Waals surface area (Å²) in [6.07, 6.45) is -0.102. The highest BCUT2D eigenvalue weighted by Gasteiger charge is 2.20. The fourth-order valence-electron chi connectivity index (χ4n) is 1.50. The third-order valence-corrected chi connectivity index (χ3v) is 2.33. The number of aliphatic hydroxyl groups excluding tert-OH is 1. The zero-order valence-electron chi connectivity index (χ0n) is 9.81. The summed E-state index contributed by atoms with van der Waals surface area (Å²) >= 11 is 0. The number of carboxylic acid groups (broad SMARTS) is 1. The number of benzene rings is 1. The maximum Gasteiger partial charge on any atom is 0.326 e. The van der Waals surface area contributed by atoms with Crippen LogP contribution >= 0.6 is 0 Å². The van der Waals surface area contributed by atoms with Crippen molar-refractivity contribution in [2.45, 2.75) is 19.4 Å². The first-order valence-electron chi connectivity index (χ1n) is 5.35. The van der Waals surface area contributed by atoms with Crippen molar-refractivity contribution in [3.63, 3.8) is 0 Å². The molecule has 0 spiro atoms. The third kappa shape index (κ3) is 3.81. The fraction of sp³-hybridized carbons (Fsp3) is 0.333. The van der Waals surface area contributed by atoms with Gasteiger partial charge in [0.1, 0.15) is 11.9 Å². The van der Waals surface area contributed by atoms with Gasteiger partial charge < -0.3 is 15.5 Å². The van der Waals surface area contributed by atoms with Crippen LogP contribution in [0.25, 0.3) is 0 Å². The van der Waals surface area contributed by atoms with Crippen molar-refractivity contribution in [1.82, 2.24) is 5.32 Å². The number of carboxylic acids is 1. The molecule has 0 bridgehead atoms. The van der Waals surface area contributed by atoms with Crippen molar-refractivity contribution in [3.8, 4) is 0 Å². The Bertz CT molecular complexity index is 441. The Hall–Kier alpha value is -1.95. The summed E-state index contributed by atoms with van der Waals surface area (Å²) in [4.78, 5) is 22.5. The van der Waals surface area contributed by atoms with Crippen LogP contribution in [0.1, 0.15) is 22.3 Å². The van der Waals surface area contributed by atoms with Crippen molar-refractivity contribution in [3.05, 3.63) is 35.1 Å². The third-order valence-electron chi connectivity index (χ3n) is 2.33. The van der Waals surface area contributed by atoms with Gasteiger partial charge in [0.15, 0.2) is 0 Å². The number of hydrogen-bond acceptors (Lipinski definition) is 3. The Balaban J connectivity index is 2.83. The minimum Gasteiger partial charge on any atom is -0.480 e. The highest BCUT2D eigenvalue weighted by Crippen LogP contribution is 2.08. The standard InChI is InChI=1S/C12H14FNO4/c1-7-4-8(6-9(13)5-7)11(16)14-10(2-3-15)12(17)18/h4-6,10,15H,2-3H2,1H3,(H,14,16)(H,17,18). The van der Waals surface area contributed by atoms with Gasteiger partial charge in [0.25, 0.3) is 5.91 Å². The second-order valence-corrected chi connectivity index (χ2v) is 3.89. The van der Waals surface area contributed by atoms with Gasteiger partial charge in [-0.25, -0.2) is 9.18 Å². The summed E-state index contributed by atoms with van der Waals surface area (Å²) < 4.78 is 13.1. The van der Waals surface area contributed by atoms with E-state index in [1.165, 1.54) is 12.1 Å². The molecule has 0 aliphatic rings. The molecule has 0 saturated carbocycles. The van der Waals surface area contributed by atoms with Gasteiger partial charge >= 0.3 is 5.97 Å². The number of amides is 1. The average molecular weight is 255 g/mol. The molecule has 6 heteroatoms. The van der Waals surface area contributed by atoms with Crippen LogP contribution in [-0.2, 0) is 4.79 Å². The van der Waals surface area contributed by atoms with E-state index in [4.69, 9.17) is 10.2 Å². The summed E-state index contributed by atoms with van der Waals surface area (Å²) in [6.45, 7) is 1.27. The van der Waals surface area contributed by atoms with Crippen molar-refractivity contribution in [1.29, 1.82) is 0 Å². The second kappa shape index (κ2) is 6.11. The van der Waals surface area contributed by atoms with Gasteiger partial charge in [0.05, 0.1) is 0 Å². The average Bonchev–Trinajstić information content (AvgIpc) is 2.26. The SMILES string of the molecule is Cc1cc(F)cc(C(=O)NC(CCO)C(=O)O)c1. The lowest BCUT2D eigenvalue weighted by molar-refractivity contribution is -0.139. The molecule has 0 aliphatic carbocycles. The van der Waals surface area contributed by atoms with E-state index in [0.717, 1.165) is 6.07 Å². The van der Waals surface area contributed by atoms with Gasteiger partial charge in [-0.1, -0.05) is 0 Å². The number of aliphatic hydroxyl groups is 1. The minimum absolute atomic E-state index is 0.0525. The van der Waals surface area contributed by atoms with E-state index in [1.807, 2.05) is 0 Å². The topological polar surface area (TPSA) is 86.6 Å². The highest BCUT2D eigenvalue weighted by atomic mass is 19.1. The van der Waals surface area contributed by atoms with Crippen molar-refractivity contribution >= 4 is 11.9 Å². The van der Waals surface area contributed by atoms with Gasteiger partial charge in [0, 0.05) is 18.6 Å². The first-order valence-corrected chi connectivity index (χ1v) is 5.35. The van der Waals surface area contributed by atoms with E-state index < -0.39 is 23.7 Å². The van der Waals surface area contributed by atoms with E-state index >= 15 is 0 Å². The van der Waals surface area contributed by atoms with Crippen LogP contribution in [0.2, 0.25) is 0 Å². The van der Waals surface area contributed by atoms with E-state index in [2.05, 4.69) is 5.32 Å². The lowest BCUT2D eigenvalue weighted by Crippen LogP contribution is -2.41. The van der Waals surface area contributed by atoms with Gasteiger partial charge in [-0.05, 0) is 30.7 Å². The van der Waals surface area contributed by atoms with Crippen LogP contribution in [0.4, 0.5) is 4.39 Å². The van der Waals surface area contributed by atoms with Crippen LogP contribution in [0, 0.1) is 12.7 Å². The minimum atomic E-state index is -1.24. The number of nitrogens with one attached hydrogen (secondary N) is 1. The Morgan fingerprint density at radius 2 is 2.06 bits per heavy atom. The molecule has 98 valence electrons. The molecule has 0 aromatic heterocycles. The molecule has 1 atom stereocenters. The molecule has 0 radical (unpaired) electrons. The molecule has 1 rings (SSSR count). The number of carbonyl (C=O) groups is 2. The monoisotopic (exact) mass is 255 g/mol. The number of hydrogen-bond donors (Lipinski definition) is 3. The lowest BCUT2D eigenvalue weighted by Gasteiger charge is -2.13. The Morgan fingerprint density at radius 1 is 1.39 bits per heavy atom. The normalized spacial score (nSPS) is 11.9. The van der Waals surface area contributed by atoms with Gasteiger partial charge in [0.2, 0.25) is 0 Å². The van der Waals surface area contributed by atoms with Gasteiger partial charge in [-0.15, -0.1) is 0 Å². The molecule has 0 heterocycles. The number of halogens is 1. The number of aliphatic carboxylic acids is 1. The van der Waals surface area contributed by atoms with Crippen LogP contribution in [0.5, 0.6) is 0 Å². The molecule has 1 aromatic rings. The zero-order valence-corrected chi connectivity index (χ0v) is 9.81. The Labute approximate surface area is 103 Å². The number of carbonyl (C=O) groups excluding carboxylic acids is 1. The number of aryl methyl sites for hydroxylation is 1. The molecule has 1 aromatic carbocycles. The molecule has 0 saturated heterocycles. The number of rotatable bonds is 5. The van der Waals surface area contributed by atoms with E-state index in [9.17, 15) is 14.0 Å². The van der Waals surface area contributed by atoms with Gasteiger partial charge in [-0.2, -0.15) is 0 Å². The smallest absolute Gasteiger partial charge is 0.326 e. The Kier molecular flexibility index (Phi) is 4.79. The zero-order chi connectivity index (χ0) is 13.7. The predicted molar refractivity (Wildman–Crippen MR) is 61.7 cm³/mol. The Morgan fingerprint density at radius 3 is 2.56 bits per heavy atom. The summed E-state index contributed by atoms with van der Waals surface area (Å²) in [5, 5.41) is 19.7. The summed E-state index contributed by atoms with van der Waals surface area (Å²) in [5.74, 6) is -2.49. The molecule has 18 heavy (non-hydrogen) atoms. The largest absolute Gasteiger partial charge is 0.480 e. The fourth-order valence-corrected chi connectivity index (χ4v) is 1.50. The lowest BCUT2D eigenvalue weighted by atomic mass is 10.1. The van der Waals surface area contributed by atoms with Crippen LogP contribution in [-0.4, -0.2) is 34.7 Å². The molecule has 0 aliphatic heterocycles. The summed E-state index contributed by atoms with van der Waals surface area (Å²) in [7, 11) is 0. The highest BCUT2D eigenvalue weighted by molar-refractivity contribution is 5.96. The van der Waals surface area contributed by atoms with Crippen molar-refractivity contribution < 1.29 is 24.2 Å². The first-order chi connectivity index (χ1) is 8.43. The molecular weight excluding hydrogens is 241 g/mol. The molecule has 1 unspecified atom stereocenters. The van der Waals surface area contributed by atoms with E-state index in [1.54, 1.807) is 6.92 Å². The van der Waals surface area contributed by atoms with Crippen LogP contribution < -0.4 is 5.32 Å². The van der Waals surface area contributed by atoms with Crippen molar-refractivity contribution in [2.24, 2.45) is 0 Å². The van der Waals surface area contributed by atoms with Gasteiger partial charge in [-0.3, -0.25) is 4.79 Å². The first kappa shape index (κ1) is 14.1. The second-order valence-electron chi connectivity index (χ2n) is 3.89. The van der Waals surface area contributed by atoms with Crippen LogP contribution in [0.15, 0.2) is 18.2 Å². The molecule has 1 amide bonds. The van der Waals surface area contributed by atoms with E-state index in [0.29, 0.717) is 5.56 Å². The predicted octanol–water partition coefficient (Wildman–Crippen LogP) is 0.700. The van der Waals surface area contributed by atoms with Crippen LogP contribution in [0.3, 0.4) is 0 Å². The molecule has 5 nitrogen and oxygen atoms in total. The van der Waals surface area contributed by atoms with E-state index in [-0.39, 0.29) is 18.6 Å². The molecule has 3 N–H and O–H groups in total. The quantitative estimate of drug-likeness (QED) is 0.722.